The van der Waals surface area contributed by atoms with Gasteiger partial charge in [0.1, 0.15) is 7.05 Å². The second kappa shape index (κ2) is 8.65. The molecule has 3 rings (SSSR count). The number of hydrogen-bond donors (Lipinski definition) is 1. The Balaban J connectivity index is 0.000000409. The van der Waals surface area contributed by atoms with Gasteiger partial charge in [-0.3, -0.25) is 8.91 Å². The number of aromatic nitrogens is 1. The molecule has 0 radical (unpaired) electrons. The molecular formula is C18H20N2O6S2. The summed E-state index contributed by atoms with van der Waals surface area (Å²) in [6.07, 6.45) is 1.93. The number of rotatable bonds is 4. The van der Waals surface area contributed by atoms with Gasteiger partial charge in [-0.1, -0.05) is 17.7 Å². The van der Waals surface area contributed by atoms with E-state index in [0.29, 0.717) is 5.69 Å². The Kier molecular flexibility index (Phi) is 6.73. The summed E-state index contributed by atoms with van der Waals surface area (Å²) < 4.78 is 60.6. The lowest BCUT2D eigenvalue weighted by Crippen LogP contribution is -2.27. The van der Waals surface area contributed by atoms with Crippen molar-refractivity contribution in [3.8, 4) is 0 Å². The smallest absolute Gasteiger partial charge is 0.261 e. The summed E-state index contributed by atoms with van der Waals surface area (Å²) in [6, 6.07) is 16.2. The van der Waals surface area contributed by atoms with Crippen LogP contribution in [0, 0.1) is 6.92 Å². The van der Waals surface area contributed by atoms with E-state index in [2.05, 4.69) is 8.91 Å². The number of anilines is 1. The first-order chi connectivity index (χ1) is 13.0. The van der Waals surface area contributed by atoms with Gasteiger partial charge < -0.3 is 4.55 Å². The zero-order valence-electron chi connectivity index (χ0n) is 15.5. The molecule has 1 heterocycles. The number of pyridine rings is 1. The SMILES string of the molecule is COS(=O)(=O)[O-].Cc1ccc(NS(=O)(=O)c2ccc3c(ccc[n+]3C)c2)cc1. The van der Waals surface area contributed by atoms with Gasteiger partial charge in [-0.05, 0) is 37.3 Å². The third-order valence-corrected chi connectivity index (χ3v) is 5.57. The monoisotopic (exact) mass is 424 g/mol. The van der Waals surface area contributed by atoms with Crippen LogP contribution in [0.15, 0.2) is 65.7 Å². The molecule has 3 aromatic rings. The highest BCUT2D eigenvalue weighted by molar-refractivity contribution is 7.92. The van der Waals surface area contributed by atoms with Gasteiger partial charge >= 0.3 is 0 Å². The Hall–Kier alpha value is -2.53. The lowest BCUT2D eigenvalue weighted by atomic mass is 10.2. The van der Waals surface area contributed by atoms with Crippen LogP contribution >= 0.6 is 0 Å². The van der Waals surface area contributed by atoms with E-state index < -0.39 is 20.4 Å². The van der Waals surface area contributed by atoms with Crippen molar-refractivity contribution < 1.29 is 30.1 Å². The molecule has 0 spiro atoms. The maximum absolute atomic E-state index is 12.5. The summed E-state index contributed by atoms with van der Waals surface area (Å²) >= 11 is 0. The van der Waals surface area contributed by atoms with Crippen LogP contribution in [0.5, 0.6) is 0 Å². The first-order valence-electron chi connectivity index (χ1n) is 8.01. The van der Waals surface area contributed by atoms with Gasteiger partial charge in [0.2, 0.25) is 15.9 Å². The molecule has 10 heteroatoms. The molecule has 0 atom stereocenters. The molecule has 2 aromatic carbocycles. The molecule has 0 bridgehead atoms. The number of fused-ring (bicyclic) bond motifs is 1. The minimum Gasteiger partial charge on any atom is -0.726 e. The van der Waals surface area contributed by atoms with E-state index in [1.807, 2.05) is 55.1 Å². The van der Waals surface area contributed by atoms with Crippen LogP contribution in [0.2, 0.25) is 0 Å². The molecule has 8 nitrogen and oxygen atoms in total. The Morgan fingerprint density at radius 1 is 1.00 bits per heavy atom. The molecule has 1 aromatic heterocycles. The Morgan fingerprint density at radius 2 is 1.61 bits per heavy atom. The van der Waals surface area contributed by atoms with Crippen LogP contribution in [-0.4, -0.2) is 28.5 Å². The average Bonchev–Trinajstić information content (AvgIpc) is 2.63. The van der Waals surface area contributed by atoms with Crippen molar-refractivity contribution >= 4 is 37.0 Å². The highest BCUT2D eigenvalue weighted by Crippen LogP contribution is 2.20. The molecule has 0 aliphatic carbocycles. The zero-order valence-corrected chi connectivity index (χ0v) is 17.1. The molecule has 0 unspecified atom stereocenters. The number of aryl methyl sites for hydroxylation is 2. The van der Waals surface area contributed by atoms with E-state index in [-0.39, 0.29) is 4.90 Å². The summed E-state index contributed by atoms with van der Waals surface area (Å²) in [5.74, 6) is 0. The van der Waals surface area contributed by atoms with Gasteiger partial charge in [-0.2, -0.15) is 0 Å². The molecule has 0 saturated heterocycles. The molecule has 1 N–H and O–H groups in total. The number of nitrogens with zero attached hydrogens (tertiary/aromatic N) is 1. The lowest BCUT2D eigenvalue weighted by Gasteiger charge is -2.08. The van der Waals surface area contributed by atoms with E-state index in [4.69, 9.17) is 0 Å². The third-order valence-electron chi connectivity index (χ3n) is 3.78. The van der Waals surface area contributed by atoms with Crippen molar-refractivity contribution in [1.82, 2.24) is 0 Å². The normalized spacial score (nSPS) is 11.6. The zero-order chi connectivity index (χ0) is 20.9. The molecule has 28 heavy (non-hydrogen) atoms. The number of sulfonamides is 1. The van der Waals surface area contributed by atoms with Gasteiger partial charge in [0.15, 0.2) is 6.20 Å². The van der Waals surface area contributed by atoms with E-state index >= 15 is 0 Å². The third kappa shape index (κ3) is 5.99. The van der Waals surface area contributed by atoms with E-state index in [1.165, 1.54) is 0 Å². The minimum atomic E-state index is -4.41. The van der Waals surface area contributed by atoms with Gasteiger partial charge in [-0.15, -0.1) is 0 Å². The largest absolute Gasteiger partial charge is 0.726 e. The Bertz CT molecular complexity index is 1170. The van der Waals surface area contributed by atoms with Crippen molar-refractivity contribution in [2.75, 3.05) is 11.8 Å². The van der Waals surface area contributed by atoms with Crippen LogP contribution in [0.25, 0.3) is 10.9 Å². The minimum absolute atomic E-state index is 0.256. The summed E-state index contributed by atoms with van der Waals surface area (Å²) in [7, 11) is -5.26. The second-order valence-electron chi connectivity index (χ2n) is 5.89. The maximum atomic E-state index is 12.5. The standard InChI is InChI=1S/C17H17N2O2S.CH4O4S/c1-13-5-7-15(8-6-13)18-22(20,21)16-9-10-17-14(12-16)4-3-11-19(17)2;1-5-6(2,3)4/h3-12,18H,1-2H3;1H3,(H,2,3,4)/q+1;/p-1. The van der Waals surface area contributed by atoms with Gasteiger partial charge in [-0.25, -0.2) is 21.4 Å². The van der Waals surface area contributed by atoms with Crippen molar-refractivity contribution in [1.29, 1.82) is 0 Å². The highest BCUT2D eigenvalue weighted by Gasteiger charge is 2.16. The lowest BCUT2D eigenvalue weighted by molar-refractivity contribution is -0.644. The number of nitrogens with one attached hydrogen (secondary N) is 1. The molecule has 0 saturated carbocycles. The maximum Gasteiger partial charge on any atom is 0.261 e. The van der Waals surface area contributed by atoms with Crippen LogP contribution < -0.4 is 9.29 Å². The fourth-order valence-electron chi connectivity index (χ4n) is 2.35. The molecule has 0 aliphatic heterocycles. The van der Waals surface area contributed by atoms with Crippen molar-refractivity contribution in [3.05, 3.63) is 66.4 Å². The van der Waals surface area contributed by atoms with Gasteiger partial charge in [0, 0.05) is 23.2 Å². The van der Waals surface area contributed by atoms with E-state index in [9.17, 15) is 21.4 Å². The average molecular weight is 425 g/mol. The van der Waals surface area contributed by atoms with Crippen LogP contribution in [-0.2, 0) is 31.7 Å². The summed E-state index contributed by atoms with van der Waals surface area (Å²) in [5.41, 5.74) is 2.63. The first kappa shape index (κ1) is 21.8. The highest BCUT2D eigenvalue weighted by atomic mass is 32.3. The Morgan fingerprint density at radius 3 is 2.18 bits per heavy atom. The molecule has 0 amide bonds. The van der Waals surface area contributed by atoms with E-state index in [0.717, 1.165) is 23.6 Å². The quantitative estimate of drug-likeness (QED) is 0.388. The molecular weight excluding hydrogens is 404 g/mol. The number of hydrogen-bond acceptors (Lipinski definition) is 6. The van der Waals surface area contributed by atoms with Crippen molar-refractivity contribution in [3.63, 3.8) is 0 Å². The molecule has 0 aliphatic rings. The fraction of sp³-hybridized carbons (Fsp3) is 0.167. The van der Waals surface area contributed by atoms with Crippen LogP contribution in [0.4, 0.5) is 5.69 Å². The topological polar surface area (TPSA) is 116 Å². The van der Waals surface area contributed by atoms with Crippen LogP contribution in [0.1, 0.15) is 5.56 Å². The Labute approximate surface area is 164 Å². The first-order valence-corrected chi connectivity index (χ1v) is 10.8. The summed E-state index contributed by atoms with van der Waals surface area (Å²) in [4.78, 5) is 0.256. The van der Waals surface area contributed by atoms with Gasteiger partial charge in [0.05, 0.1) is 12.0 Å². The predicted molar refractivity (Wildman–Crippen MR) is 104 cm³/mol. The summed E-state index contributed by atoms with van der Waals surface area (Å²) in [6.45, 7) is 1.96. The summed E-state index contributed by atoms with van der Waals surface area (Å²) in [5, 5.41) is 0.886. The molecule has 0 fully saturated rings. The molecule has 150 valence electrons. The predicted octanol–water partition coefficient (Wildman–Crippen LogP) is 1.87. The van der Waals surface area contributed by atoms with Gasteiger partial charge in [0.25, 0.3) is 10.0 Å². The second-order valence-corrected chi connectivity index (χ2v) is 8.72. The van der Waals surface area contributed by atoms with E-state index in [1.54, 1.807) is 24.3 Å². The van der Waals surface area contributed by atoms with Crippen molar-refractivity contribution in [2.45, 2.75) is 11.8 Å². The van der Waals surface area contributed by atoms with Crippen LogP contribution in [0.3, 0.4) is 0 Å². The van der Waals surface area contributed by atoms with Crippen molar-refractivity contribution in [2.24, 2.45) is 7.05 Å². The number of benzene rings is 2. The fourth-order valence-corrected chi connectivity index (χ4v) is 3.44.